The highest BCUT2D eigenvalue weighted by Crippen LogP contribution is 2.39. The van der Waals surface area contributed by atoms with Gasteiger partial charge in [-0.2, -0.15) is 0 Å². The van der Waals surface area contributed by atoms with Gasteiger partial charge >= 0.3 is 0 Å². The Hall–Kier alpha value is -0.0800. The van der Waals surface area contributed by atoms with E-state index >= 15 is 0 Å². The lowest BCUT2D eigenvalue weighted by molar-refractivity contribution is -0.123. The summed E-state index contributed by atoms with van der Waals surface area (Å²) in [6.45, 7) is 13.5. The standard InChI is InChI=1S/C10H20N2/c1-4-11-5-10(6-11)7-12(8-10)9(2)3/h9H,4-8H2,1-3H3. The number of likely N-dealkylation sites (tertiary alicyclic amines) is 2. The Morgan fingerprint density at radius 3 is 2.17 bits per heavy atom. The van der Waals surface area contributed by atoms with Crippen LogP contribution in [0.1, 0.15) is 20.8 Å². The molecule has 0 atom stereocenters. The topological polar surface area (TPSA) is 6.48 Å². The van der Waals surface area contributed by atoms with Crippen molar-refractivity contribution in [2.75, 3.05) is 32.7 Å². The van der Waals surface area contributed by atoms with Crippen molar-refractivity contribution in [3.63, 3.8) is 0 Å². The van der Waals surface area contributed by atoms with E-state index < -0.39 is 0 Å². The molecule has 0 bridgehead atoms. The van der Waals surface area contributed by atoms with Crippen LogP contribution in [0.2, 0.25) is 0 Å². The second-order valence-corrected chi connectivity index (χ2v) is 4.80. The van der Waals surface area contributed by atoms with Crippen molar-refractivity contribution >= 4 is 0 Å². The van der Waals surface area contributed by atoms with Crippen molar-refractivity contribution in [2.45, 2.75) is 26.8 Å². The molecular formula is C10H20N2. The molecule has 0 aromatic rings. The first kappa shape index (κ1) is 8.52. The summed E-state index contributed by atoms with van der Waals surface area (Å²) >= 11 is 0. The van der Waals surface area contributed by atoms with Crippen molar-refractivity contribution in [1.29, 1.82) is 0 Å². The number of nitrogens with zero attached hydrogens (tertiary/aromatic N) is 2. The van der Waals surface area contributed by atoms with Gasteiger partial charge in [-0.1, -0.05) is 6.92 Å². The smallest absolute Gasteiger partial charge is 0.0212 e. The van der Waals surface area contributed by atoms with Gasteiger partial charge in [0.25, 0.3) is 0 Å². The third kappa shape index (κ3) is 1.17. The molecule has 70 valence electrons. The maximum Gasteiger partial charge on any atom is 0.0212 e. The van der Waals surface area contributed by atoms with E-state index in [0.29, 0.717) is 0 Å². The maximum atomic E-state index is 2.58. The minimum absolute atomic E-state index is 0.722. The first-order valence-corrected chi connectivity index (χ1v) is 5.12. The molecule has 0 unspecified atom stereocenters. The highest BCUT2D eigenvalue weighted by atomic mass is 15.3. The summed E-state index contributed by atoms with van der Waals surface area (Å²) in [7, 11) is 0. The minimum Gasteiger partial charge on any atom is -0.302 e. The first-order valence-electron chi connectivity index (χ1n) is 5.12. The van der Waals surface area contributed by atoms with E-state index in [4.69, 9.17) is 0 Å². The molecule has 2 saturated heterocycles. The van der Waals surface area contributed by atoms with Gasteiger partial charge in [0.05, 0.1) is 0 Å². The Kier molecular flexibility index (Phi) is 1.92. The van der Waals surface area contributed by atoms with Crippen LogP contribution in [0.3, 0.4) is 0 Å². The molecule has 0 N–H and O–H groups in total. The van der Waals surface area contributed by atoms with Crippen molar-refractivity contribution in [3.05, 3.63) is 0 Å². The largest absolute Gasteiger partial charge is 0.302 e. The van der Waals surface area contributed by atoms with Gasteiger partial charge in [0, 0.05) is 37.6 Å². The van der Waals surface area contributed by atoms with Crippen LogP contribution in [-0.4, -0.2) is 48.6 Å². The van der Waals surface area contributed by atoms with Gasteiger partial charge in [-0.3, -0.25) is 4.90 Å². The van der Waals surface area contributed by atoms with E-state index in [9.17, 15) is 0 Å². The summed E-state index contributed by atoms with van der Waals surface area (Å²) in [5, 5.41) is 0. The maximum absolute atomic E-state index is 2.58. The molecule has 2 aliphatic heterocycles. The Labute approximate surface area is 75.5 Å². The molecule has 2 aliphatic rings. The number of rotatable bonds is 2. The summed E-state index contributed by atoms with van der Waals surface area (Å²) in [5.41, 5.74) is 0.722. The van der Waals surface area contributed by atoms with E-state index in [2.05, 4.69) is 30.6 Å². The highest BCUT2D eigenvalue weighted by Gasteiger charge is 2.51. The average molecular weight is 168 g/mol. The van der Waals surface area contributed by atoms with Crippen molar-refractivity contribution in [1.82, 2.24) is 9.80 Å². The normalized spacial score (nSPS) is 29.0. The number of hydrogen-bond acceptors (Lipinski definition) is 2. The molecule has 2 heteroatoms. The summed E-state index contributed by atoms with van der Waals surface area (Å²) < 4.78 is 0. The van der Waals surface area contributed by atoms with Crippen molar-refractivity contribution in [2.24, 2.45) is 5.41 Å². The quantitative estimate of drug-likeness (QED) is 0.607. The summed E-state index contributed by atoms with van der Waals surface area (Å²) in [5.74, 6) is 0. The van der Waals surface area contributed by atoms with Gasteiger partial charge in [-0.05, 0) is 20.4 Å². The molecule has 0 aliphatic carbocycles. The predicted molar refractivity (Wildman–Crippen MR) is 51.3 cm³/mol. The summed E-state index contributed by atoms with van der Waals surface area (Å²) in [6, 6.07) is 0.756. The lowest BCUT2D eigenvalue weighted by Crippen LogP contribution is -2.72. The van der Waals surface area contributed by atoms with Gasteiger partial charge < -0.3 is 4.90 Å². The molecular weight excluding hydrogens is 148 g/mol. The molecule has 12 heavy (non-hydrogen) atoms. The van der Waals surface area contributed by atoms with Gasteiger partial charge in [-0.25, -0.2) is 0 Å². The van der Waals surface area contributed by atoms with Crippen molar-refractivity contribution < 1.29 is 0 Å². The van der Waals surface area contributed by atoms with Gasteiger partial charge in [-0.15, -0.1) is 0 Å². The Bertz CT molecular complexity index is 163. The molecule has 0 aromatic heterocycles. The average Bonchev–Trinajstić information content (AvgIpc) is 1.81. The molecule has 2 fully saturated rings. The van der Waals surface area contributed by atoms with E-state index in [0.717, 1.165) is 11.5 Å². The van der Waals surface area contributed by atoms with Crippen LogP contribution >= 0.6 is 0 Å². The van der Waals surface area contributed by atoms with Crippen LogP contribution < -0.4 is 0 Å². The zero-order valence-electron chi connectivity index (χ0n) is 8.51. The Balaban J connectivity index is 1.75. The molecule has 0 saturated carbocycles. The fraction of sp³-hybridized carbons (Fsp3) is 1.00. The second-order valence-electron chi connectivity index (χ2n) is 4.80. The third-order valence-corrected chi connectivity index (χ3v) is 3.37. The lowest BCUT2D eigenvalue weighted by Gasteiger charge is -2.61. The molecule has 0 radical (unpaired) electrons. The molecule has 1 spiro atoms. The first-order chi connectivity index (χ1) is 5.65. The van der Waals surface area contributed by atoms with Crippen LogP contribution in [0, 0.1) is 5.41 Å². The van der Waals surface area contributed by atoms with Gasteiger partial charge in [0.15, 0.2) is 0 Å². The molecule has 0 aromatic carbocycles. The lowest BCUT2D eigenvalue weighted by atomic mass is 9.72. The Morgan fingerprint density at radius 1 is 1.17 bits per heavy atom. The zero-order chi connectivity index (χ0) is 8.77. The molecule has 2 heterocycles. The Morgan fingerprint density at radius 2 is 1.75 bits per heavy atom. The SMILES string of the molecule is CCN1CC2(C1)CN(C(C)C)C2. The van der Waals surface area contributed by atoms with Crippen LogP contribution in [0.15, 0.2) is 0 Å². The van der Waals surface area contributed by atoms with Gasteiger partial charge in [0.2, 0.25) is 0 Å². The monoisotopic (exact) mass is 168 g/mol. The molecule has 2 rings (SSSR count). The molecule has 0 amide bonds. The zero-order valence-corrected chi connectivity index (χ0v) is 8.51. The fourth-order valence-electron chi connectivity index (χ4n) is 2.51. The second kappa shape index (κ2) is 2.71. The molecule has 2 nitrogen and oxygen atoms in total. The van der Waals surface area contributed by atoms with E-state index in [1.165, 1.54) is 32.7 Å². The third-order valence-electron chi connectivity index (χ3n) is 3.37. The number of hydrogen-bond donors (Lipinski definition) is 0. The predicted octanol–water partition coefficient (Wildman–Crippen LogP) is 1.03. The van der Waals surface area contributed by atoms with Crippen LogP contribution in [-0.2, 0) is 0 Å². The van der Waals surface area contributed by atoms with Crippen molar-refractivity contribution in [3.8, 4) is 0 Å². The van der Waals surface area contributed by atoms with Crippen LogP contribution in [0.25, 0.3) is 0 Å². The van der Waals surface area contributed by atoms with E-state index in [1.807, 2.05) is 0 Å². The highest BCUT2D eigenvalue weighted by molar-refractivity contribution is 5.05. The fourth-order valence-corrected chi connectivity index (χ4v) is 2.51. The van der Waals surface area contributed by atoms with E-state index in [1.54, 1.807) is 0 Å². The van der Waals surface area contributed by atoms with Crippen LogP contribution in [0.4, 0.5) is 0 Å². The summed E-state index contributed by atoms with van der Waals surface area (Å²) in [6.07, 6.45) is 0. The summed E-state index contributed by atoms with van der Waals surface area (Å²) in [4.78, 5) is 5.12. The van der Waals surface area contributed by atoms with Gasteiger partial charge in [0.1, 0.15) is 0 Å². The minimum atomic E-state index is 0.722. The van der Waals surface area contributed by atoms with Crippen LogP contribution in [0.5, 0.6) is 0 Å². The van der Waals surface area contributed by atoms with E-state index in [-0.39, 0.29) is 0 Å².